The van der Waals surface area contributed by atoms with E-state index in [0.29, 0.717) is 12.1 Å². The minimum absolute atomic E-state index is 0.0113. The molecular weight excluding hydrogens is 550 g/mol. The molecule has 0 unspecified atom stereocenters. The Hall–Kier alpha value is -2.98. The number of phenols is 1. The highest BCUT2D eigenvalue weighted by Crippen LogP contribution is 2.44. The molecule has 6 nitrogen and oxygen atoms in total. The summed E-state index contributed by atoms with van der Waals surface area (Å²) in [6.45, 7) is 6.39. The lowest BCUT2D eigenvalue weighted by molar-refractivity contribution is -0.185. The van der Waals surface area contributed by atoms with E-state index in [2.05, 4.69) is 12.2 Å². The number of amides is 1. The molecule has 0 aromatic heterocycles. The Morgan fingerprint density at radius 2 is 1.79 bits per heavy atom. The van der Waals surface area contributed by atoms with E-state index < -0.39 is 41.7 Å². The number of piperidine rings is 1. The van der Waals surface area contributed by atoms with E-state index in [-0.39, 0.29) is 55.1 Å². The van der Waals surface area contributed by atoms with Gasteiger partial charge in [-0.05, 0) is 88.0 Å². The van der Waals surface area contributed by atoms with Crippen LogP contribution in [0.5, 0.6) is 5.75 Å². The average molecular weight is 592 g/mol. The van der Waals surface area contributed by atoms with Crippen LogP contribution in [0.1, 0.15) is 66.4 Å². The third-order valence-electron chi connectivity index (χ3n) is 8.65. The van der Waals surface area contributed by atoms with Crippen molar-refractivity contribution in [2.45, 2.75) is 64.1 Å². The van der Waals surface area contributed by atoms with Gasteiger partial charge < -0.3 is 20.2 Å². The predicted molar refractivity (Wildman–Crippen MR) is 153 cm³/mol. The van der Waals surface area contributed by atoms with Gasteiger partial charge in [-0.2, -0.15) is 13.2 Å². The van der Waals surface area contributed by atoms with Gasteiger partial charge in [0, 0.05) is 37.0 Å². The highest BCUT2D eigenvalue weighted by Gasteiger charge is 2.52. The molecule has 2 aromatic rings. The van der Waals surface area contributed by atoms with Gasteiger partial charge in [0.1, 0.15) is 17.6 Å². The van der Waals surface area contributed by atoms with Crippen molar-refractivity contribution >= 4 is 11.7 Å². The van der Waals surface area contributed by atoms with Crippen LogP contribution in [-0.4, -0.2) is 78.1 Å². The summed E-state index contributed by atoms with van der Waals surface area (Å²) in [5.74, 6) is -4.22. The fraction of sp³-hybridized carbons (Fsp3) is 0.562. The van der Waals surface area contributed by atoms with Crippen molar-refractivity contribution in [2.24, 2.45) is 11.8 Å². The zero-order chi connectivity index (χ0) is 30.4. The standard InChI is InChI=1S/C32H41F4N3O3/c1-3-14-37-15-4-5-16-38-19-25(30(41)22-9-6-10-23(40)18-22)29(24-11-7-12-27(33)21(24)2)26(20-38)31(42)39-17-8-13-28(39)32(34,35)36/h6-7,9-12,18,25-26,28-29,37,40H,3-5,8,13-17,19-20H2,1-2H3/t25-,26+,28-,29+/m0/s1. The highest BCUT2D eigenvalue weighted by molar-refractivity contribution is 5.99. The van der Waals surface area contributed by atoms with E-state index >= 15 is 0 Å². The Labute approximate surface area is 245 Å². The average Bonchev–Trinajstić information content (AvgIpc) is 3.46. The molecule has 0 saturated carbocycles. The predicted octanol–water partition coefficient (Wildman–Crippen LogP) is 5.69. The third kappa shape index (κ3) is 7.32. The number of phenolic OH excluding ortho intramolecular Hbond substituents is 1. The second-order valence-corrected chi connectivity index (χ2v) is 11.6. The first-order valence-electron chi connectivity index (χ1n) is 14.9. The number of likely N-dealkylation sites (tertiary alicyclic amines) is 2. The van der Waals surface area contributed by atoms with Crippen molar-refractivity contribution in [1.29, 1.82) is 0 Å². The lowest BCUT2D eigenvalue weighted by atomic mass is 9.69. The molecule has 4 rings (SSSR count). The maximum Gasteiger partial charge on any atom is 0.408 e. The largest absolute Gasteiger partial charge is 0.508 e. The molecule has 0 bridgehead atoms. The molecule has 2 saturated heterocycles. The number of ketones is 1. The van der Waals surface area contributed by atoms with Gasteiger partial charge >= 0.3 is 6.18 Å². The van der Waals surface area contributed by atoms with Crippen LogP contribution >= 0.6 is 0 Å². The zero-order valence-corrected chi connectivity index (χ0v) is 24.3. The molecule has 2 N–H and O–H groups in total. The molecular formula is C32H41F4N3O3. The van der Waals surface area contributed by atoms with Crippen molar-refractivity contribution in [3.8, 4) is 5.75 Å². The first-order chi connectivity index (χ1) is 20.0. The van der Waals surface area contributed by atoms with E-state index in [1.165, 1.54) is 24.3 Å². The first-order valence-corrected chi connectivity index (χ1v) is 14.9. The van der Waals surface area contributed by atoms with Crippen LogP contribution in [-0.2, 0) is 4.79 Å². The number of unbranched alkanes of at least 4 members (excludes halogenated alkanes) is 1. The number of halogens is 4. The number of nitrogens with one attached hydrogen (secondary N) is 1. The van der Waals surface area contributed by atoms with Gasteiger partial charge in [0.15, 0.2) is 5.78 Å². The van der Waals surface area contributed by atoms with Crippen LogP contribution in [0.3, 0.4) is 0 Å². The van der Waals surface area contributed by atoms with E-state index in [1.807, 2.05) is 4.90 Å². The normalized spacial score (nSPS) is 23.3. The summed E-state index contributed by atoms with van der Waals surface area (Å²) >= 11 is 0. The Morgan fingerprint density at radius 1 is 1.05 bits per heavy atom. The van der Waals surface area contributed by atoms with Crippen LogP contribution in [0.2, 0.25) is 0 Å². The Kier molecular flexibility index (Phi) is 10.6. The van der Waals surface area contributed by atoms with Gasteiger partial charge in [-0.3, -0.25) is 9.59 Å². The van der Waals surface area contributed by atoms with Crippen LogP contribution in [0.4, 0.5) is 17.6 Å². The monoisotopic (exact) mass is 591 g/mol. The molecule has 42 heavy (non-hydrogen) atoms. The topological polar surface area (TPSA) is 72.9 Å². The number of hydrogen-bond acceptors (Lipinski definition) is 5. The number of carbonyl (C=O) groups is 2. The molecule has 230 valence electrons. The quantitative estimate of drug-likeness (QED) is 0.200. The summed E-state index contributed by atoms with van der Waals surface area (Å²) in [4.78, 5) is 31.2. The SMILES string of the molecule is CCCNCCCCN1C[C@H](C(=O)c2cccc(O)c2)[C@@H](c2cccc(F)c2C)[C@H](C(=O)N2CCC[C@H]2C(F)(F)F)C1. The third-order valence-corrected chi connectivity index (χ3v) is 8.65. The van der Waals surface area contributed by atoms with Crippen LogP contribution < -0.4 is 5.32 Å². The fourth-order valence-corrected chi connectivity index (χ4v) is 6.56. The van der Waals surface area contributed by atoms with Gasteiger partial charge in [-0.15, -0.1) is 0 Å². The Balaban J connectivity index is 1.74. The highest BCUT2D eigenvalue weighted by atomic mass is 19.4. The second kappa shape index (κ2) is 14.0. The summed E-state index contributed by atoms with van der Waals surface area (Å²) in [5, 5.41) is 13.4. The molecule has 4 atom stereocenters. The maximum absolute atomic E-state index is 14.9. The molecule has 1 amide bonds. The molecule has 2 fully saturated rings. The molecule has 2 aliphatic heterocycles. The lowest BCUT2D eigenvalue weighted by Gasteiger charge is -2.45. The maximum atomic E-state index is 14.9. The number of nitrogens with zero attached hydrogens (tertiary/aromatic N) is 2. The molecule has 10 heteroatoms. The molecule has 0 radical (unpaired) electrons. The van der Waals surface area contributed by atoms with Crippen molar-refractivity contribution < 1.29 is 32.3 Å². The van der Waals surface area contributed by atoms with Gasteiger partial charge in [-0.25, -0.2) is 4.39 Å². The van der Waals surface area contributed by atoms with E-state index in [9.17, 15) is 32.3 Å². The van der Waals surface area contributed by atoms with Gasteiger partial charge in [0.25, 0.3) is 0 Å². The number of benzene rings is 2. The van der Waals surface area contributed by atoms with Crippen molar-refractivity contribution in [1.82, 2.24) is 15.1 Å². The molecule has 0 aliphatic carbocycles. The number of rotatable bonds is 11. The summed E-state index contributed by atoms with van der Waals surface area (Å²) in [6, 6.07) is 8.53. The Morgan fingerprint density at radius 3 is 2.50 bits per heavy atom. The molecule has 0 spiro atoms. The van der Waals surface area contributed by atoms with Crippen LogP contribution in [0.25, 0.3) is 0 Å². The van der Waals surface area contributed by atoms with Crippen molar-refractivity contribution in [3.63, 3.8) is 0 Å². The number of Topliss-reactive ketones (excluding diaryl/α,β-unsaturated/α-hetero) is 1. The molecule has 2 aliphatic rings. The van der Waals surface area contributed by atoms with E-state index in [1.54, 1.807) is 25.1 Å². The molecule has 2 heterocycles. The van der Waals surface area contributed by atoms with Crippen molar-refractivity contribution in [2.75, 3.05) is 39.3 Å². The number of aromatic hydroxyl groups is 1. The number of carbonyl (C=O) groups excluding carboxylic acids is 2. The zero-order valence-electron chi connectivity index (χ0n) is 24.3. The van der Waals surface area contributed by atoms with Crippen LogP contribution in [0.15, 0.2) is 42.5 Å². The smallest absolute Gasteiger partial charge is 0.408 e. The summed E-state index contributed by atoms with van der Waals surface area (Å²) < 4.78 is 56.8. The van der Waals surface area contributed by atoms with E-state index in [0.717, 1.165) is 37.3 Å². The van der Waals surface area contributed by atoms with Crippen LogP contribution in [0, 0.1) is 24.6 Å². The lowest BCUT2D eigenvalue weighted by Crippen LogP contribution is -2.55. The second-order valence-electron chi connectivity index (χ2n) is 11.6. The summed E-state index contributed by atoms with van der Waals surface area (Å²) in [7, 11) is 0. The molecule has 2 aromatic carbocycles. The summed E-state index contributed by atoms with van der Waals surface area (Å²) in [6.07, 6.45) is -1.81. The fourth-order valence-electron chi connectivity index (χ4n) is 6.56. The number of alkyl halides is 3. The first kappa shape index (κ1) is 31.9. The minimum atomic E-state index is -4.56. The van der Waals surface area contributed by atoms with Crippen molar-refractivity contribution in [3.05, 3.63) is 65.0 Å². The van der Waals surface area contributed by atoms with Gasteiger partial charge in [0.05, 0.1) is 5.92 Å². The van der Waals surface area contributed by atoms with Gasteiger partial charge in [0.2, 0.25) is 5.91 Å². The number of hydrogen-bond donors (Lipinski definition) is 2. The minimum Gasteiger partial charge on any atom is -0.508 e. The van der Waals surface area contributed by atoms with Gasteiger partial charge in [-0.1, -0.05) is 31.2 Å². The Bertz CT molecular complexity index is 1240. The van der Waals surface area contributed by atoms with E-state index in [4.69, 9.17) is 0 Å². The summed E-state index contributed by atoms with van der Waals surface area (Å²) in [5.41, 5.74) is 0.974.